The minimum Gasteiger partial charge on any atom is -0.507 e. The minimum absolute atomic E-state index is 0.0882. The maximum absolute atomic E-state index is 13.5. The van der Waals surface area contributed by atoms with E-state index in [-0.39, 0.29) is 27.3 Å². The van der Waals surface area contributed by atoms with Gasteiger partial charge in [-0.2, -0.15) is 0 Å². The number of ether oxygens (including phenoxy) is 2. The first-order valence-electron chi connectivity index (χ1n) is 12.0. The zero-order chi connectivity index (χ0) is 27.9. The van der Waals surface area contributed by atoms with Crippen molar-refractivity contribution in [2.75, 3.05) is 19.1 Å². The molecule has 0 radical (unpaired) electrons. The van der Waals surface area contributed by atoms with Crippen LogP contribution in [0.4, 0.5) is 5.69 Å². The lowest BCUT2D eigenvalue weighted by Crippen LogP contribution is -2.29. The molecule has 6 nitrogen and oxygen atoms in total. The predicted molar refractivity (Wildman–Crippen MR) is 151 cm³/mol. The number of rotatable bonds is 5. The summed E-state index contributed by atoms with van der Waals surface area (Å²) >= 11 is 12.7. The zero-order valence-electron chi connectivity index (χ0n) is 22.1. The summed E-state index contributed by atoms with van der Waals surface area (Å²) in [7, 11) is 2.88. The Morgan fingerprint density at radius 1 is 0.895 bits per heavy atom. The molecule has 0 aliphatic carbocycles. The molecule has 1 atom stereocenters. The monoisotopic (exact) mass is 553 g/mol. The van der Waals surface area contributed by atoms with Crippen LogP contribution in [0, 0.1) is 6.92 Å². The number of halogens is 2. The summed E-state index contributed by atoms with van der Waals surface area (Å²) < 4.78 is 10.7. The lowest BCUT2D eigenvalue weighted by molar-refractivity contribution is -0.132. The van der Waals surface area contributed by atoms with Gasteiger partial charge in [-0.15, -0.1) is 0 Å². The Morgan fingerprint density at radius 3 is 2.08 bits per heavy atom. The van der Waals surface area contributed by atoms with E-state index in [2.05, 4.69) is 20.8 Å². The van der Waals surface area contributed by atoms with Crippen molar-refractivity contribution in [3.8, 4) is 11.5 Å². The SMILES string of the molecule is COc1cc(OC)c(/C(O)=C2\C(=O)C(=O)N(c3ccc(C)c(Cl)c3)C2c2ccc(C(C)(C)C)cc2)cc1Cl. The van der Waals surface area contributed by atoms with Crippen LogP contribution in [0.25, 0.3) is 5.76 Å². The Labute approximate surface area is 232 Å². The van der Waals surface area contributed by atoms with Crippen molar-refractivity contribution in [2.45, 2.75) is 39.2 Å². The molecule has 1 fully saturated rings. The number of aliphatic hydroxyl groups excluding tert-OH is 1. The molecule has 1 heterocycles. The van der Waals surface area contributed by atoms with Gasteiger partial charge in [0.05, 0.1) is 36.4 Å². The highest BCUT2D eigenvalue weighted by Gasteiger charge is 2.47. The van der Waals surface area contributed by atoms with Crippen molar-refractivity contribution >= 4 is 46.3 Å². The molecule has 1 aliphatic heterocycles. The molecule has 1 unspecified atom stereocenters. The van der Waals surface area contributed by atoms with Crippen LogP contribution in [0.3, 0.4) is 0 Å². The molecule has 0 spiro atoms. The molecule has 1 N–H and O–H groups in total. The van der Waals surface area contributed by atoms with E-state index >= 15 is 0 Å². The second-order valence-corrected chi connectivity index (χ2v) is 11.0. The maximum atomic E-state index is 13.5. The van der Waals surface area contributed by atoms with Gasteiger partial charge in [-0.3, -0.25) is 14.5 Å². The van der Waals surface area contributed by atoms with Gasteiger partial charge in [-0.25, -0.2) is 0 Å². The number of nitrogens with zero attached hydrogens (tertiary/aromatic N) is 1. The highest BCUT2D eigenvalue weighted by molar-refractivity contribution is 6.52. The maximum Gasteiger partial charge on any atom is 0.300 e. The van der Waals surface area contributed by atoms with E-state index < -0.39 is 23.5 Å². The normalized spacial score (nSPS) is 17.2. The van der Waals surface area contributed by atoms with E-state index in [4.69, 9.17) is 32.7 Å². The first kappa shape index (κ1) is 27.6. The van der Waals surface area contributed by atoms with Crippen molar-refractivity contribution in [1.82, 2.24) is 0 Å². The second-order valence-electron chi connectivity index (χ2n) is 10.2. The van der Waals surface area contributed by atoms with Crippen LogP contribution < -0.4 is 14.4 Å². The molecule has 198 valence electrons. The van der Waals surface area contributed by atoms with Gasteiger partial charge in [0.2, 0.25) is 0 Å². The van der Waals surface area contributed by atoms with E-state index in [0.717, 1.165) is 11.1 Å². The number of aliphatic hydroxyl groups is 1. The summed E-state index contributed by atoms with van der Waals surface area (Å²) in [5, 5.41) is 12.2. The highest BCUT2D eigenvalue weighted by atomic mass is 35.5. The van der Waals surface area contributed by atoms with Gasteiger partial charge in [0, 0.05) is 16.8 Å². The number of carbonyl (C=O) groups is 2. The van der Waals surface area contributed by atoms with Crippen LogP contribution in [0.5, 0.6) is 11.5 Å². The first-order valence-corrected chi connectivity index (χ1v) is 12.7. The molecule has 1 saturated heterocycles. The number of anilines is 1. The van der Waals surface area contributed by atoms with Crippen LogP contribution in [0.15, 0.2) is 60.2 Å². The number of methoxy groups -OCH3 is 2. The largest absolute Gasteiger partial charge is 0.507 e. The quantitative estimate of drug-likeness (QED) is 0.204. The molecule has 1 aliphatic rings. The van der Waals surface area contributed by atoms with E-state index in [1.165, 1.54) is 31.3 Å². The van der Waals surface area contributed by atoms with Crippen molar-refractivity contribution in [3.63, 3.8) is 0 Å². The Hall–Kier alpha value is -3.48. The van der Waals surface area contributed by atoms with Crippen LogP contribution >= 0.6 is 23.2 Å². The Morgan fingerprint density at radius 2 is 1.53 bits per heavy atom. The van der Waals surface area contributed by atoms with E-state index in [1.807, 2.05) is 31.2 Å². The van der Waals surface area contributed by atoms with E-state index in [1.54, 1.807) is 18.2 Å². The fourth-order valence-electron chi connectivity index (χ4n) is 4.50. The van der Waals surface area contributed by atoms with Gasteiger partial charge in [0.1, 0.15) is 17.3 Å². The third-order valence-corrected chi connectivity index (χ3v) is 7.40. The molecule has 3 aromatic carbocycles. The molecule has 0 bridgehead atoms. The predicted octanol–water partition coefficient (Wildman–Crippen LogP) is 7.24. The van der Waals surface area contributed by atoms with Crippen LogP contribution in [0.2, 0.25) is 10.0 Å². The van der Waals surface area contributed by atoms with Gasteiger partial charge in [-0.05, 0) is 47.2 Å². The molecular weight excluding hydrogens is 525 g/mol. The Kier molecular flexibility index (Phi) is 7.51. The number of ketones is 1. The summed E-state index contributed by atoms with van der Waals surface area (Å²) in [4.78, 5) is 28.4. The second kappa shape index (κ2) is 10.4. The average molecular weight is 554 g/mol. The molecule has 4 rings (SSSR count). The summed E-state index contributed by atoms with van der Waals surface area (Å²) in [5.74, 6) is -1.46. The number of amides is 1. The summed E-state index contributed by atoms with van der Waals surface area (Å²) in [6, 6.07) is 14.8. The average Bonchev–Trinajstić information content (AvgIpc) is 3.15. The Balaban J connectivity index is 1.99. The number of aryl methyl sites for hydroxylation is 1. The highest BCUT2D eigenvalue weighted by Crippen LogP contribution is 2.45. The van der Waals surface area contributed by atoms with Gasteiger partial charge in [-0.1, -0.05) is 74.3 Å². The molecular formula is C30H29Cl2NO5. The molecule has 1 amide bonds. The molecule has 0 saturated carbocycles. The van der Waals surface area contributed by atoms with Crippen LogP contribution in [-0.2, 0) is 15.0 Å². The summed E-state index contributed by atoms with van der Waals surface area (Å²) in [6.45, 7) is 8.15. The van der Waals surface area contributed by atoms with Crippen molar-refractivity contribution in [3.05, 3.63) is 92.5 Å². The third-order valence-electron chi connectivity index (χ3n) is 6.70. The summed E-state index contributed by atoms with van der Waals surface area (Å²) in [5.41, 5.74) is 2.97. The molecule has 0 aromatic heterocycles. The lowest BCUT2D eigenvalue weighted by Gasteiger charge is -2.27. The fraction of sp³-hybridized carbons (Fsp3) is 0.267. The Bertz CT molecular complexity index is 1450. The molecule has 38 heavy (non-hydrogen) atoms. The number of hydrogen-bond donors (Lipinski definition) is 1. The first-order chi connectivity index (χ1) is 17.9. The number of Topliss-reactive ketones (excluding diaryl/α,β-unsaturated/α-hetero) is 1. The topological polar surface area (TPSA) is 76.1 Å². The lowest BCUT2D eigenvalue weighted by atomic mass is 9.85. The van der Waals surface area contributed by atoms with Crippen molar-refractivity contribution < 1.29 is 24.2 Å². The van der Waals surface area contributed by atoms with Crippen LogP contribution in [-0.4, -0.2) is 31.0 Å². The van der Waals surface area contributed by atoms with Gasteiger partial charge >= 0.3 is 0 Å². The molecule has 8 heteroatoms. The standard InChI is InChI=1S/C30H29Cl2NO5/c1-16-7-12-19(13-21(16)31)33-26(17-8-10-18(11-9-17)30(2,3)4)25(28(35)29(33)36)27(34)20-14-22(32)24(38-6)15-23(20)37-5/h7-15,26,34H,1-6H3/b27-25+. The number of benzene rings is 3. The minimum atomic E-state index is -0.923. The van der Waals surface area contributed by atoms with Crippen molar-refractivity contribution in [2.24, 2.45) is 0 Å². The fourth-order valence-corrected chi connectivity index (χ4v) is 4.92. The van der Waals surface area contributed by atoms with Gasteiger partial charge < -0.3 is 14.6 Å². The number of hydrogen-bond acceptors (Lipinski definition) is 5. The van der Waals surface area contributed by atoms with E-state index in [0.29, 0.717) is 22.0 Å². The van der Waals surface area contributed by atoms with Crippen LogP contribution in [0.1, 0.15) is 49.1 Å². The number of carbonyl (C=O) groups excluding carboxylic acids is 2. The van der Waals surface area contributed by atoms with Crippen molar-refractivity contribution in [1.29, 1.82) is 0 Å². The van der Waals surface area contributed by atoms with E-state index in [9.17, 15) is 14.7 Å². The zero-order valence-corrected chi connectivity index (χ0v) is 23.6. The third kappa shape index (κ3) is 4.86. The van der Waals surface area contributed by atoms with Gasteiger partial charge in [0.15, 0.2) is 0 Å². The molecule has 3 aromatic rings. The van der Waals surface area contributed by atoms with Gasteiger partial charge in [0.25, 0.3) is 11.7 Å². The smallest absolute Gasteiger partial charge is 0.300 e. The summed E-state index contributed by atoms with van der Waals surface area (Å²) in [6.07, 6.45) is 0.